The van der Waals surface area contributed by atoms with Crippen LogP contribution in [0.1, 0.15) is 37.6 Å². The number of pyridine rings is 1. The summed E-state index contributed by atoms with van der Waals surface area (Å²) in [6.07, 6.45) is 1.83. The Morgan fingerprint density at radius 3 is 2.39 bits per heavy atom. The molecule has 0 radical (unpaired) electrons. The molecule has 0 unspecified atom stereocenters. The van der Waals surface area contributed by atoms with Gasteiger partial charge in [-0.1, -0.05) is 13.8 Å². The molecular formula is C23H33N3O6S. The van der Waals surface area contributed by atoms with Crippen LogP contribution in [-0.2, 0) is 26.0 Å². The number of carbonyl (C=O) groups excluding carboxylic acids is 1. The highest BCUT2D eigenvalue weighted by atomic mass is 32.2. The first kappa shape index (κ1) is 25.4. The highest BCUT2D eigenvalue weighted by Gasteiger charge is 2.32. The summed E-state index contributed by atoms with van der Waals surface area (Å²) in [5, 5.41) is 2.83. The molecular weight excluding hydrogens is 446 g/mol. The fourth-order valence-corrected chi connectivity index (χ4v) is 6.15. The van der Waals surface area contributed by atoms with E-state index >= 15 is 0 Å². The van der Waals surface area contributed by atoms with Gasteiger partial charge in [-0.25, -0.2) is 8.42 Å². The van der Waals surface area contributed by atoms with Crippen LogP contribution >= 0.6 is 0 Å². The summed E-state index contributed by atoms with van der Waals surface area (Å²) in [6, 6.07) is 4.57. The molecule has 1 aromatic carbocycles. The number of rotatable bonds is 8. The molecule has 1 amide bonds. The summed E-state index contributed by atoms with van der Waals surface area (Å²) in [7, 11) is -0.864. The van der Waals surface area contributed by atoms with E-state index in [1.54, 1.807) is 10.6 Å². The third kappa shape index (κ3) is 5.29. The van der Waals surface area contributed by atoms with Crippen LogP contribution in [0.4, 0.5) is 0 Å². The van der Waals surface area contributed by atoms with Crippen LogP contribution in [0, 0.1) is 11.8 Å². The predicted octanol–water partition coefficient (Wildman–Crippen LogP) is 2.04. The molecule has 1 aromatic heterocycles. The molecule has 2 heterocycles. The number of nitrogens with one attached hydrogen (secondary N) is 1. The number of aryl methyl sites for hydroxylation is 1. The van der Waals surface area contributed by atoms with Gasteiger partial charge in [0.15, 0.2) is 6.29 Å². The summed E-state index contributed by atoms with van der Waals surface area (Å²) in [4.78, 5) is 26.1. The Kier molecular flexibility index (Phi) is 7.94. The largest absolute Gasteiger partial charge is 0.354 e. The second-order valence-electron chi connectivity index (χ2n) is 8.72. The van der Waals surface area contributed by atoms with Gasteiger partial charge in [-0.2, -0.15) is 4.31 Å². The van der Waals surface area contributed by atoms with Gasteiger partial charge in [-0.05, 0) is 43.4 Å². The lowest BCUT2D eigenvalue weighted by atomic mass is 9.94. The highest BCUT2D eigenvalue weighted by Crippen LogP contribution is 2.28. The third-order valence-electron chi connectivity index (χ3n) is 6.07. The summed E-state index contributed by atoms with van der Waals surface area (Å²) in [5.41, 5.74) is -0.00822. The number of benzene rings is 1. The lowest BCUT2D eigenvalue weighted by Gasteiger charge is -2.34. The van der Waals surface area contributed by atoms with E-state index in [4.69, 9.17) is 9.47 Å². The zero-order valence-electron chi connectivity index (χ0n) is 19.8. The Hall–Kier alpha value is -2.27. The third-order valence-corrected chi connectivity index (χ3v) is 7.89. The van der Waals surface area contributed by atoms with E-state index in [0.717, 1.165) is 6.42 Å². The number of carbonyl (C=O) groups is 1. The maximum Gasteiger partial charge on any atom is 0.256 e. The zero-order valence-corrected chi connectivity index (χ0v) is 20.6. The van der Waals surface area contributed by atoms with Gasteiger partial charge in [-0.3, -0.25) is 9.59 Å². The topological polar surface area (TPSA) is 107 Å². The minimum atomic E-state index is -3.77. The van der Waals surface area contributed by atoms with Crippen molar-refractivity contribution in [1.82, 2.24) is 14.2 Å². The molecule has 1 fully saturated rings. The number of ether oxygens (including phenoxy) is 2. The molecule has 1 N–H and O–H groups in total. The standard InChI is InChI=1S/C23H33N3O6S/c1-6-25-14-19(23(28)24-11-21(31-4)32-5)22(27)18-10-17(7-8-20(18)25)33(29,30)26-12-15(2)9-16(3)13-26/h7-8,10,14-16,21H,6,9,11-13H2,1-5H3,(H,24,28)/t15-,16-/m1/s1. The van der Waals surface area contributed by atoms with Gasteiger partial charge in [0.1, 0.15) is 5.56 Å². The number of amides is 1. The lowest BCUT2D eigenvalue weighted by molar-refractivity contribution is -0.0974. The lowest BCUT2D eigenvalue weighted by Crippen LogP contribution is -2.42. The molecule has 0 aliphatic carbocycles. The molecule has 2 aromatic rings. The molecule has 2 atom stereocenters. The monoisotopic (exact) mass is 479 g/mol. The summed E-state index contributed by atoms with van der Waals surface area (Å²) in [5.74, 6) is -0.0469. The van der Waals surface area contributed by atoms with Crippen LogP contribution in [-0.4, -0.2) is 63.3 Å². The number of sulfonamides is 1. The molecule has 9 nitrogen and oxygen atoms in total. The zero-order chi connectivity index (χ0) is 24.3. The average Bonchev–Trinajstić information content (AvgIpc) is 2.79. The van der Waals surface area contributed by atoms with Crippen molar-refractivity contribution in [2.24, 2.45) is 11.8 Å². The van der Waals surface area contributed by atoms with Crippen molar-refractivity contribution in [3.05, 3.63) is 40.2 Å². The molecule has 10 heteroatoms. The molecule has 1 saturated heterocycles. The van der Waals surface area contributed by atoms with Crippen molar-refractivity contribution < 1.29 is 22.7 Å². The van der Waals surface area contributed by atoms with E-state index in [1.165, 1.54) is 36.9 Å². The minimum Gasteiger partial charge on any atom is -0.354 e. The SMILES string of the molecule is CCn1cc(C(=O)NCC(OC)OC)c(=O)c2cc(S(=O)(=O)N3C[C@H](C)C[C@@H](C)C3)ccc21. The number of methoxy groups -OCH3 is 2. The van der Waals surface area contributed by atoms with Gasteiger partial charge in [0, 0.05) is 45.4 Å². The van der Waals surface area contributed by atoms with Crippen LogP contribution in [0.2, 0.25) is 0 Å². The summed E-state index contributed by atoms with van der Waals surface area (Å²) < 4.78 is 40.1. The number of hydrogen-bond acceptors (Lipinski definition) is 6. The van der Waals surface area contributed by atoms with E-state index in [9.17, 15) is 18.0 Å². The van der Waals surface area contributed by atoms with E-state index in [0.29, 0.717) is 25.2 Å². The Morgan fingerprint density at radius 2 is 1.82 bits per heavy atom. The number of hydrogen-bond donors (Lipinski definition) is 1. The van der Waals surface area contributed by atoms with Crippen LogP contribution in [0.25, 0.3) is 10.9 Å². The van der Waals surface area contributed by atoms with Crippen LogP contribution < -0.4 is 10.7 Å². The van der Waals surface area contributed by atoms with Gasteiger partial charge >= 0.3 is 0 Å². The minimum absolute atomic E-state index is 0.0624. The fourth-order valence-electron chi connectivity index (χ4n) is 4.45. The molecule has 3 rings (SSSR count). The van der Waals surface area contributed by atoms with E-state index in [2.05, 4.69) is 5.32 Å². The van der Waals surface area contributed by atoms with Gasteiger partial charge in [0.05, 0.1) is 17.0 Å². The van der Waals surface area contributed by atoms with Crippen molar-refractivity contribution in [2.75, 3.05) is 33.9 Å². The average molecular weight is 480 g/mol. The number of piperidine rings is 1. The first-order valence-corrected chi connectivity index (χ1v) is 12.6. The molecule has 0 saturated carbocycles. The van der Waals surface area contributed by atoms with Crippen LogP contribution in [0.3, 0.4) is 0 Å². The van der Waals surface area contributed by atoms with Crippen molar-refractivity contribution in [2.45, 2.75) is 44.9 Å². The molecule has 1 aliphatic heterocycles. The van der Waals surface area contributed by atoms with Crippen molar-refractivity contribution in [3.63, 3.8) is 0 Å². The number of fused-ring (bicyclic) bond motifs is 1. The highest BCUT2D eigenvalue weighted by molar-refractivity contribution is 7.89. The second-order valence-corrected chi connectivity index (χ2v) is 10.7. The van der Waals surface area contributed by atoms with Crippen molar-refractivity contribution >= 4 is 26.8 Å². The van der Waals surface area contributed by atoms with Gasteiger partial charge in [-0.15, -0.1) is 0 Å². The number of aromatic nitrogens is 1. The maximum absolute atomic E-state index is 13.4. The Bertz CT molecular complexity index is 1160. The van der Waals surface area contributed by atoms with Gasteiger partial charge in [0.2, 0.25) is 15.5 Å². The van der Waals surface area contributed by atoms with E-state index in [-0.39, 0.29) is 34.2 Å². The van der Waals surface area contributed by atoms with Gasteiger partial charge in [0.25, 0.3) is 5.91 Å². The quantitative estimate of drug-likeness (QED) is 0.581. The summed E-state index contributed by atoms with van der Waals surface area (Å²) >= 11 is 0. The van der Waals surface area contributed by atoms with E-state index < -0.39 is 27.6 Å². The predicted molar refractivity (Wildman–Crippen MR) is 126 cm³/mol. The molecule has 33 heavy (non-hydrogen) atoms. The smallest absolute Gasteiger partial charge is 0.256 e. The Morgan fingerprint density at radius 1 is 1.18 bits per heavy atom. The number of nitrogens with zero attached hydrogens (tertiary/aromatic N) is 2. The summed E-state index contributed by atoms with van der Waals surface area (Å²) in [6.45, 7) is 7.44. The molecule has 0 bridgehead atoms. The van der Waals surface area contributed by atoms with Crippen molar-refractivity contribution in [1.29, 1.82) is 0 Å². The first-order chi connectivity index (χ1) is 15.6. The Balaban J connectivity index is 2.03. The fraction of sp³-hybridized carbons (Fsp3) is 0.565. The normalized spacial score (nSPS) is 19.8. The second kappa shape index (κ2) is 10.3. The first-order valence-electron chi connectivity index (χ1n) is 11.1. The van der Waals surface area contributed by atoms with E-state index in [1.807, 2.05) is 20.8 Å². The van der Waals surface area contributed by atoms with Crippen molar-refractivity contribution in [3.8, 4) is 0 Å². The molecule has 182 valence electrons. The maximum atomic E-state index is 13.4. The van der Waals surface area contributed by atoms with Crippen LogP contribution in [0.15, 0.2) is 34.1 Å². The molecule has 1 aliphatic rings. The van der Waals surface area contributed by atoms with Crippen LogP contribution in [0.5, 0.6) is 0 Å². The molecule has 0 spiro atoms. The Labute approximate surface area is 194 Å². The van der Waals surface area contributed by atoms with Gasteiger partial charge < -0.3 is 19.4 Å².